The Morgan fingerprint density at radius 3 is 1.25 bits per heavy atom. The summed E-state index contributed by atoms with van der Waals surface area (Å²) in [6.07, 6.45) is 0. The molecule has 2 heterocycles. The van der Waals surface area contributed by atoms with Crippen molar-refractivity contribution in [3.05, 3.63) is 211 Å². The van der Waals surface area contributed by atoms with E-state index in [-0.39, 0.29) is 0 Å². The first-order chi connectivity index (χ1) is 31.6. The van der Waals surface area contributed by atoms with Gasteiger partial charge in [-0.05, 0) is 166 Å². The molecule has 0 saturated carbocycles. The number of nitrogens with zero attached hydrogens (tertiary/aromatic N) is 2. The van der Waals surface area contributed by atoms with E-state index in [1.165, 1.54) is 32.7 Å². The lowest BCUT2D eigenvalue weighted by atomic mass is 9.83. The summed E-state index contributed by atoms with van der Waals surface area (Å²) in [5.41, 5.74) is 13.3. The van der Waals surface area contributed by atoms with Gasteiger partial charge in [-0.25, -0.2) is 4.85 Å². The van der Waals surface area contributed by atoms with Gasteiger partial charge in [0.05, 0.1) is 18.2 Å². The molecule has 0 unspecified atom stereocenters. The van der Waals surface area contributed by atoms with Crippen LogP contribution in [0, 0.1) is 17.9 Å². The third-order valence-corrected chi connectivity index (χ3v) is 13.0. The van der Waals surface area contributed by atoms with Crippen molar-refractivity contribution in [3.63, 3.8) is 0 Å². The summed E-state index contributed by atoms with van der Waals surface area (Å²) >= 11 is 0. The molecule has 0 fully saturated rings. The molecule has 0 aliphatic heterocycles. The summed E-state index contributed by atoms with van der Waals surface area (Å²) in [6, 6.07) is 70.8. The molecule has 0 atom stereocenters. The molecule has 0 spiro atoms. The van der Waals surface area contributed by atoms with Gasteiger partial charge in [0.25, 0.3) is 0 Å². The normalized spacial score (nSPS) is 11.7. The van der Waals surface area contributed by atoms with E-state index in [9.17, 15) is 5.26 Å². The minimum Gasteiger partial charge on any atom is -0.456 e. The van der Waals surface area contributed by atoms with Gasteiger partial charge in [-0.15, -0.1) is 0 Å². The van der Waals surface area contributed by atoms with E-state index >= 15 is 0 Å². The predicted molar refractivity (Wildman–Crippen MR) is 264 cm³/mol. The highest BCUT2D eigenvalue weighted by atomic mass is 16.3. The molecule has 0 bridgehead atoms. The van der Waals surface area contributed by atoms with Gasteiger partial charge in [-0.2, -0.15) is 5.26 Å². The monoisotopic (exact) mass is 812 g/mol. The van der Waals surface area contributed by atoms with E-state index in [2.05, 4.69) is 157 Å². The zero-order valence-electron chi connectivity index (χ0n) is 34.2. The summed E-state index contributed by atoms with van der Waals surface area (Å²) in [5.74, 6) is 0. The van der Waals surface area contributed by atoms with Crippen molar-refractivity contribution in [2.75, 3.05) is 0 Å². The number of fused-ring (bicyclic) bond motifs is 10. The minimum absolute atomic E-state index is 0.590. The fourth-order valence-electron chi connectivity index (χ4n) is 9.94. The highest BCUT2D eigenvalue weighted by Gasteiger charge is 2.20. The summed E-state index contributed by atoms with van der Waals surface area (Å²) in [6.45, 7) is 7.65. The van der Waals surface area contributed by atoms with Crippen molar-refractivity contribution < 1.29 is 8.83 Å². The number of nitriles is 1. The highest BCUT2D eigenvalue weighted by molar-refractivity contribution is 6.23. The molecule has 13 rings (SSSR count). The Balaban J connectivity index is 1.11. The van der Waals surface area contributed by atoms with Crippen LogP contribution in [0.3, 0.4) is 0 Å². The molecule has 0 saturated heterocycles. The molecule has 13 aromatic rings. The third-order valence-electron chi connectivity index (χ3n) is 13.0. The van der Waals surface area contributed by atoms with Crippen molar-refractivity contribution in [2.45, 2.75) is 0 Å². The lowest BCUT2D eigenvalue weighted by Crippen LogP contribution is -1.93. The van der Waals surface area contributed by atoms with Crippen LogP contribution in [-0.2, 0) is 0 Å². The summed E-state index contributed by atoms with van der Waals surface area (Å²) < 4.78 is 12.5. The van der Waals surface area contributed by atoms with Crippen LogP contribution in [0.5, 0.6) is 0 Å². The standard InChI is InChI=1S/C60H32N2O2/c1-62-46-19-25-58-52(33-46)51-30-43(18-24-57(51)64-58)41-16-21-48-54(32-41)60(45-14-12-37-7-3-5-9-39(37)28-45)47-20-15-40(31-53(47)59(48)44-13-11-36-6-2-4-8-38(36)27-44)42-17-23-56-50(29-42)49-26-35(34-61)10-22-55(49)63-56/h2-33H. The van der Waals surface area contributed by atoms with Crippen LogP contribution in [0.2, 0.25) is 0 Å². The minimum atomic E-state index is 0.590. The molecule has 4 heteroatoms. The van der Waals surface area contributed by atoms with Gasteiger partial charge in [0.2, 0.25) is 0 Å². The number of hydrogen-bond acceptors (Lipinski definition) is 3. The average molecular weight is 813 g/mol. The molecule has 2 aromatic heterocycles. The van der Waals surface area contributed by atoms with E-state index < -0.39 is 0 Å². The Hall–Kier alpha value is -8.96. The average Bonchev–Trinajstić information content (AvgIpc) is 3.91. The van der Waals surface area contributed by atoms with Gasteiger partial charge < -0.3 is 8.83 Å². The lowest BCUT2D eigenvalue weighted by Gasteiger charge is -2.20. The van der Waals surface area contributed by atoms with E-state index in [0.29, 0.717) is 11.3 Å². The molecule has 0 aliphatic rings. The second kappa shape index (κ2) is 13.8. The largest absolute Gasteiger partial charge is 0.456 e. The van der Waals surface area contributed by atoms with Crippen LogP contribution in [0.25, 0.3) is 136 Å². The predicted octanol–water partition coefficient (Wildman–Crippen LogP) is 17.2. The molecule has 0 amide bonds. The van der Waals surface area contributed by atoms with E-state index in [1.807, 2.05) is 42.5 Å². The molecular formula is C60H32N2O2. The summed E-state index contributed by atoms with van der Waals surface area (Å²) in [4.78, 5) is 3.70. The topological polar surface area (TPSA) is 54.4 Å². The molecule has 0 aliphatic carbocycles. The van der Waals surface area contributed by atoms with Gasteiger partial charge in [0.1, 0.15) is 22.3 Å². The van der Waals surface area contributed by atoms with Gasteiger partial charge in [-0.3, -0.25) is 0 Å². The Bertz CT molecular complexity index is 3960. The summed E-state index contributed by atoms with van der Waals surface area (Å²) in [5, 5.41) is 22.9. The van der Waals surface area contributed by atoms with Crippen LogP contribution < -0.4 is 0 Å². The number of furan rings is 2. The Labute approximate surface area is 366 Å². The van der Waals surface area contributed by atoms with Crippen molar-refractivity contribution in [1.82, 2.24) is 0 Å². The maximum Gasteiger partial charge on any atom is 0.188 e. The zero-order valence-corrected chi connectivity index (χ0v) is 34.2. The second-order valence-corrected chi connectivity index (χ2v) is 16.6. The first kappa shape index (κ1) is 35.8. The van der Waals surface area contributed by atoms with E-state index in [0.717, 1.165) is 98.8 Å². The molecule has 4 nitrogen and oxygen atoms in total. The van der Waals surface area contributed by atoms with E-state index in [4.69, 9.17) is 15.4 Å². The maximum absolute atomic E-state index is 9.71. The van der Waals surface area contributed by atoms with Crippen LogP contribution >= 0.6 is 0 Å². The number of hydrogen-bond donors (Lipinski definition) is 0. The smallest absolute Gasteiger partial charge is 0.188 e. The molecule has 11 aromatic carbocycles. The van der Waals surface area contributed by atoms with E-state index in [1.54, 1.807) is 6.07 Å². The Morgan fingerprint density at radius 1 is 0.344 bits per heavy atom. The fraction of sp³-hybridized carbons (Fsp3) is 0. The SMILES string of the molecule is [C-]#[N+]c1ccc2oc3ccc(-c4ccc5c(-c6ccc7ccccc7c6)c6cc(-c7ccc8oc9ccc(C#N)cc9c8c7)ccc6c(-c6ccc7ccccc7c6)c5c4)cc3c2c1. The van der Waals surface area contributed by atoms with Crippen molar-refractivity contribution in [1.29, 1.82) is 5.26 Å². The summed E-state index contributed by atoms with van der Waals surface area (Å²) in [7, 11) is 0. The van der Waals surface area contributed by atoms with Crippen molar-refractivity contribution >= 4 is 92.7 Å². The van der Waals surface area contributed by atoms with Crippen LogP contribution in [0.4, 0.5) is 5.69 Å². The molecule has 64 heavy (non-hydrogen) atoms. The van der Waals surface area contributed by atoms with Crippen LogP contribution in [-0.4, -0.2) is 0 Å². The molecule has 294 valence electrons. The Morgan fingerprint density at radius 2 is 0.750 bits per heavy atom. The lowest BCUT2D eigenvalue weighted by molar-refractivity contribution is 0.668. The van der Waals surface area contributed by atoms with Crippen LogP contribution in [0.1, 0.15) is 5.56 Å². The van der Waals surface area contributed by atoms with Crippen molar-refractivity contribution in [2.24, 2.45) is 0 Å². The van der Waals surface area contributed by atoms with Gasteiger partial charge in [0, 0.05) is 21.5 Å². The highest BCUT2D eigenvalue weighted by Crippen LogP contribution is 2.47. The molecule has 0 N–H and O–H groups in total. The molecular weight excluding hydrogens is 781 g/mol. The number of benzene rings is 11. The Kier molecular flexibility index (Phi) is 7.70. The van der Waals surface area contributed by atoms with Gasteiger partial charge >= 0.3 is 0 Å². The fourth-order valence-corrected chi connectivity index (χ4v) is 9.94. The first-order valence-corrected chi connectivity index (χ1v) is 21.3. The van der Waals surface area contributed by atoms with Gasteiger partial charge in [-0.1, -0.05) is 115 Å². The van der Waals surface area contributed by atoms with Crippen LogP contribution in [0.15, 0.2) is 203 Å². The first-order valence-electron chi connectivity index (χ1n) is 21.3. The van der Waals surface area contributed by atoms with Crippen molar-refractivity contribution in [3.8, 4) is 50.6 Å². The quantitative estimate of drug-likeness (QED) is 0.131. The maximum atomic E-state index is 9.71. The second-order valence-electron chi connectivity index (χ2n) is 16.6. The zero-order chi connectivity index (χ0) is 42.5. The number of rotatable bonds is 4. The third kappa shape index (κ3) is 5.54. The molecule has 0 radical (unpaired) electrons. The van der Waals surface area contributed by atoms with Gasteiger partial charge in [0.15, 0.2) is 5.69 Å².